The molecule has 0 unspecified atom stereocenters. The Kier molecular flexibility index (Phi) is 7.48. The van der Waals surface area contributed by atoms with Gasteiger partial charge in [0.05, 0.1) is 0 Å². The Morgan fingerprint density at radius 1 is 0.682 bits per heavy atom. The number of hydrogen-bond donors (Lipinski definition) is 2. The molecule has 0 heterocycles. The molecule has 2 N–H and O–H groups in total. The Labute approximate surface area is 140 Å². The van der Waals surface area contributed by atoms with E-state index in [1.807, 2.05) is 62.3 Å². The summed E-state index contributed by atoms with van der Waals surface area (Å²) in [5.74, 6) is 0. The zero-order valence-electron chi connectivity index (χ0n) is 15.4. The van der Waals surface area contributed by atoms with Gasteiger partial charge in [-0.2, -0.15) is 0 Å². The molecule has 0 amide bonds. The van der Waals surface area contributed by atoms with Crippen molar-refractivity contribution in [1.29, 1.82) is 0 Å². The van der Waals surface area contributed by atoms with Crippen LogP contribution in [-0.4, -0.2) is 40.3 Å². The van der Waals surface area contributed by atoms with Gasteiger partial charge in [0.2, 0.25) is 0 Å². The second-order valence-corrected chi connectivity index (χ2v) is 13.1. The molecule has 0 rings (SSSR count). The van der Waals surface area contributed by atoms with E-state index in [4.69, 9.17) is 19.6 Å². The van der Waals surface area contributed by atoms with Crippen LogP contribution in [0.5, 0.6) is 0 Å². The van der Waals surface area contributed by atoms with E-state index >= 15 is 0 Å². The monoisotopic (exact) mass is 376 g/mol. The van der Waals surface area contributed by atoms with Crippen LogP contribution < -0.4 is 0 Å². The van der Waals surface area contributed by atoms with Crippen LogP contribution in [0, 0.1) is 0 Å². The third-order valence-electron chi connectivity index (χ3n) is 1.82. The van der Waals surface area contributed by atoms with Crippen molar-refractivity contribution in [3.05, 3.63) is 0 Å². The summed E-state index contributed by atoms with van der Waals surface area (Å²) in [6.07, 6.45) is 0. The van der Waals surface area contributed by atoms with E-state index in [1.54, 1.807) is 0 Å². The van der Waals surface area contributed by atoms with E-state index < -0.39 is 44.0 Å². The predicted octanol–water partition coefficient (Wildman–Crippen LogP) is 2.33. The molecule has 0 aliphatic heterocycles. The summed E-state index contributed by atoms with van der Waals surface area (Å²) < 4.78 is 47.8. The van der Waals surface area contributed by atoms with Crippen molar-refractivity contribution >= 4 is 9.05 Å². The summed E-state index contributed by atoms with van der Waals surface area (Å²) in [7, 11) is -2.73. The molecular formula is C13H32O7SiTi. The van der Waals surface area contributed by atoms with Crippen molar-refractivity contribution in [3.8, 4) is 0 Å². The van der Waals surface area contributed by atoms with Crippen LogP contribution in [0.1, 0.15) is 62.3 Å². The molecule has 134 valence electrons. The SMILES string of the molecule is C[O][Ti]([OH])([OH])[O][Si](OC(C)(C)C)(OC(C)(C)C)OC(C)(C)C. The van der Waals surface area contributed by atoms with Crippen LogP contribution >= 0.6 is 0 Å². The quantitative estimate of drug-likeness (QED) is 0.688. The normalized spacial score (nSPS) is 15.3. The summed E-state index contributed by atoms with van der Waals surface area (Å²) in [4.78, 5) is 0. The Hall–Kier alpha value is 0.651. The van der Waals surface area contributed by atoms with Gasteiger partial charge < -0.3 is 0 Å². The molecule has 0 spiro atoms. The van der Waals surface area contributed by atoms with E-state index in [9.17, 15) is 7.38 Å². The molecular weight excluding hydrogens is 344 g/mol. The molecule has 9 heteroatoms. The maximum absolute atomic E-state index is 9.94. The zero-order chi connectivity index (χ0) is 18.0. The first kappa shape index (κ1) is 22.7. The Bertz CT molecular complexity index is 314. The molecule has 7 nitrogen and oxygen atoms in total. The van der Waals surface area contributed by atoms with Gasteiger partial charge in [-0.3, -0.25) is 0 Å². The van der Waals surface area contributed by atoms with Crippen LogP contribution in [-0.2, 0) is 37.7 Å². The van der Waals surface area contributed by atoms with Gasteiger partial charge in [0, 0.05) is 0 Å². The van der Waals surface area contributed by atoms with Gasteiger partial charge in [-0.15, -0.1) is 0 Å². The molecule has 0 aliphatic carbocycles. The predicted molar refractivity (Wildman–Crippen MR) is 80.8 cm³/mol. The molecule has 22 heavy (non-hydrogen) atoms. The summed E-state index contributed by atoms with van der Waals surface area (Å²) in [6, 6.07) is 0. The van der Waals surface area contributed by atoms with Crippen LogP contribution in [0.15, 0.2) is 0 Å². The van der Waals surface area contributed by atoms with E-state index in [0.29, 0.717) is 0 Å². The molecule has 0 atom stereocenters. The van der Waals surface area contributed by atoms with Crippen LogP contribution in [0.3, 0.4) is 0 Å². The van der Waals surface area contributed by atoms with Crippen LogP contribution in [0.4, 0.5) is 0 Å². The van der Waals surface area contributed by atoms with Crippen LogP contribution in [0.25, 0.3) is 0 Å². The topological polar surface area (TPSA) is 86.6 Å². The van der Waals surface area contributed by atoms with Gasteiger partial charge >= 0.3 is 140 Å². The van der Waals surface area contributed by atoms with Crippen molar-refractivity contribution in [2.45, 2.75) is 79.1 Å². The number of rotatable bonds is 6. The first-order valence-corrected chi connectivity index (χ1v) is 11.5. The van der Waals surface area contributed by atoms with E-state index in [0.717, 1.165) is 0 Å². The fourth-order valence-electron chi connectivity index (χ4n) is 1.45. The average molecular weight is 376 g/mol. The van der Waals surface area contributed by atoms with E-state index in [-0.39, 0.29) is 0 Å². The minimum absolute atomic E-state index is 0.672. The fraction of sp³-hybridized carbons (Fsp3) is 1.00. The summed E-state index contributed by atoms with van der Waals surface area (Å²) in [5, 5.41) is 0. The van der Waals surface area contributed by atoms with Crippen molar-refractivity contribution < 1.29 is 45.1 Å². The Morgan fingerprint density at radius 3 is 1.14 bits per heavy atom. The zero-order valence-corrected chi connectivity index (χ0v) is 18.0. The van der Waals surface area contributed by atoms with E-state index in [1.165, 1.54) is 7.11 Å². The molecule has 0 radical (unpaired) electrons. The summed E-state index contributed by atoms with van der Waals surface area (Å²) in [5.41, 5.74) is -2.02. The Morgan fingerprint density at radius 2 is 0.955 bits per heavy atom. The minimum atomic E-state index is -4.97. The molecule has 0 aromatic carbocycles. The third kappa shape index (κ3) is 10.4. The summed E-state index contributed by atoms with van der Waals surface area (Å²) in [6.45, 7) is 16.3. The average Bonchev–Trinajstić information content (AvgIpc) is 2.06. The first-order chi connectivity index (χ1) is 9.39. The van der Waals surface area contributed by atoms with E-state index in [2.05, 4.69) is 0 Å². The molecule has 0 fully saturated rings. The molecule has 0 aromatic heterocycles. The van der Waals surface area contributed by atoms with Crippen molar-refractivity contribution in [2.75, 3.05) is 7.11 Å². The second kappa shape index (κ2) is 7.26. The van der Waals surface area contributed by atoms with Crippen LogP contribution in [0.2, 0.25) is 0 Å². The fourth-order valence-corrected chi connectivity index (χ4v) is 6.87. The molecule has 0 aliphatic rings. The molecule has 0 bridgehead atoms. The van der Waals surface area contributed by atoms with Crippen molar-refractivity contribution in [3.63, 3.8) is 0 Å². The van der Waals surface area contributed by atoms with Gasteiger partial charge in [-0.05, 0) is 0 Å². The number of hydrogen-bond acceptors (Lipinski definition) is 7. The summed E-state index contributed by atoms with van der Waals surface area (Å²) >= 11 is -4.97. The van der Waals surface area contributed by atoms with Gasteiger partial charge in [0.1, 0.15) is 0 Å². The first-order valence-electron chi connectivity index (χ1n) is 7.19. The molecule has 0 saturated carbocycles. The maximum atomic E-state index is 9.94. The second-order valence-electron chi connectivity index (χ2n) is 8.00. The molecule has 0 aromatic rings. The standard InChI is InChI=1S/C12H27O4Si.CH3O.2H2O.Ti/c1-10(2,3)14-17(13,15-11(4,5)6)16-12(7,8)9;1-2;;;/h1-9H3;1H3;2*1H2;/q2*-1;;;+4/p-2. The van der Waals surface area contributed by atoms with Gasteiger partial charge in [0.25, 0.3) is 0 Å². The van der Waals surface area contributed by atoms with Crippen molar-refractivity contribution in [2.24, 2.45) is 0 Å². The van der Waals surface area contributed by atoms with Gasteiger partial charge in [-0.25, -0.2) is 0 Å². The van der Waals surface area contributed by atoms with Crippen molar-refractivity contribution in [1.82, 2.24) is 0 Å². The van der Waals surface area contributed by atoms with Gasteiger partial charge in [-0.1, -0.05) is 0 Å². The van der Waals surface area contributed by atoms with Gasteiger partial charge in [0.15, 0.2) is 0 Å². The molecule has 0 saturated heterocycles. The Balaban J connectivity index is 5.79. The third-order valence-corrected chi connectivity index (χ3v) is 8.17.